The Kier molecular flexibility index (Phi) is 6.06. The molecule has 7 nitrogen and oxygen atoms in total. The van der Waals surface area contributed by atoms with Crippen LogP contribution in [0.3, 0.4) is 0 Å². The molecule has 0 spiro atoms. The van der Waals surface area contributed by atoms with Crippen molar-refractivity contribution in [2.45, 2.75) is 13.3 Å². The largest absolute Gasteiger partial charge is 0.383 e. The molecule has 1 aromatic carbocycles. The summed E-state index contributed by atoms with van der Waals surface area (Å²) in [5, 5.41) is 13.7. The number of benzene rings is 1. The first-order valence-electron chi connectivity index (χ1n) is 7.75. The number of methoxy groups -OCH3 is 1. The van der Waals surface area contributed by atoms with E-state index >= 15 is 0 Å². The molecule has 0 aliphatic carbocycles. The minimum atomic E-state index is -0.440. The monoisotopic (exact) mass is 321 g/mol. The second-order valence-electron chi connectivity index (χ2n) is 5.92. The zero-order chi connectivity index (χ0) is 16.8. The SMILES string of the molecule is COCCN1CC[C@@H](CNC(=O)c2ccc([N+](=O)[O-])c(C)c2)C1. The Morgan fingerprint density at radius 1 is 1.52 bits per heavy atom. The summed E-state index contributed by atoms with van der Waals surface area (Å²) < 4.78 is 5.07. The van der Waals surface area contributed by atoms with E-state index in [1.165, 1.54) is 12.1 Å². The van der Waals surface area contributed by atoms with Gasteiger partial charge < -0.3 is 15.0 Å². The number of likely N-dealkylation sites (tertiary alicyclic amines) is 1. The highest BCUT2D eigenvalue weighted by atomic mass is 16.6. The van der Waals surface area contributed by atoms with Crippen LogP contribution in [0.2, 0.25) is 0 Å². The molecule has 1 aliphatic rings. The van der Waals surface area contributed by atoms with Crippen LogP contribution in [0.1, 0.15) is 22.3 Å². The van der Waals surface area contributed by atoms with Crippen molar-refractivity contribution in [2.24, 2.45) is 5.92 Å². The summed E-state index contributed by atoms with van der Waals surface area (Å²) in [4.78, 5) is 24.9. The minimum absolute atomic E-state index is 0.0335. The Balaban J connectivity index is 1.83. The molecule has 1 amide bonds. The lowest BCUT2D eigenvalue weighted by molar-refractivity contribution is -0.385. The van der Waals surface area contributed by atoms with Crippen LogP contribution in [0.5, 0.6) is 0 Å². The van der Waals surface area contributed by atoms with Gasteiger partial charge in [0, 0.05) is 43.9 Å². The van der Waals surface area contributed by atoms with Crippen LogP contribution < -0.4 is 5.32 Å². The lowest BCUT2D eigenvalue weighted by atomic mass is 10.1. The zero-order valence-corrected chi connectivity index (χ0v) is 13.6. The third-order valence-electron chi connectivity index (χ3n) is 4.19. The maximum absolute atomic E-state index is 12.2. The summed E-state index contributed by atoms with van der Waals surface area (Å²) in [6, 6.07) is 4.44. The minimum Gasteiger partial charge on any atom is -0.383 e. The number of hydrogen-bond donors (Lipinski definition) is 1. The van der Waals surface area contributed by atoms with E-state index in [-0.39, 0.29) is 11.6 Å². The maximum atomic E-state index is 12.2. The molecule has 1 aliphatic heterocycles. The zero-order valence-electron chi connectivity index (χ0n) is 13.6. The summed E-state index contributed by atoms with van der Waals surface area (Å²) in [6.45, 7) is 5.89. The van der Waals surface area contributed by atoms with Gasteiger partial charge in [-0.3, -0.25) is 14.9 Å². The molecule has 1 N–H and O–H groups in total. The maximum Gasteiger partial charge on any atom is 0.272 e. The van der Waals surface area contributed by atoms with Gasteiger partial charge in [0.15, 0.2) is 0 Å². The molecular formula is C16H23N3O4. The number of amides is 1. The van der Waals surface area contributed by atoms with Gasteiger partial charge in [-0.15, -0.1) is 0 Å². The number of carbonyl (C=O) groups is 1. The fraction of sp³-hybridized carbons (Fsp3) is 0.562. The number of nitrogens with one attached hydrogen (secondary N) is 1. The topological polar surface area (TPSA) is 84.7 Å². The van der Waals surface area contributed by atoms with Gasteiger partial charge in [0.2, 0.25) is 0 Å². The van der Waals surface area contributed by atoms with Crippen molar-refractivity contribution in [3.05, 3.63) is 39.4 Å². The molecule has 23 heavy (non-hydrogen) atoms. The third-order valence-corrected chi connectivity index (χ3v) is 4.19. The quantitative estimate of drug-likeness (QED) is 0.609. The lowest BCUT2D eigenvalue weighted by Gasteiger charge is -2.15. The van der Waals surface area contributed by atoms with Gasteiger partial charge in [0.25, 0.3) is 11.6 Å². The van der Waals surface area contributed by atoms with Crippen molar-refractivity contribution in [3.63, 3.8) is 0 Å². The first kappa shape index (κ1) is 17.4. The normalized spacial score (nSPS) is 18.1. The van der Waals surface area contributed by atoms with Crippen LogP contribution in [-0.4, -0.2) is 55.6 Å². The second-order valence-corrected chi connectivity index (χ2v) is 5.92. The molecule has 1 heterocycles. The number of nitro benzene ring substituents is 1. The Labute approximate surface area is 135 Å². The summed E-state index contributed by atoms with van der Waals surface area (Å²) in [5.41, 5.74) is 0.989. The van der Waals surface area contributed by atoms with Crippen molar-refractivity contribution in [2.75, 3.05) is 39.9 Å². The van der Waals surface area contributed by atoms with Crippen LogP contribution in [-0.2, 0) is 4.74 Å². The molecule has 0 unspecified atom stereocenters. The van der Waals surface area contributed by atoms with E-state index in [0.29, 0.717) is 23.6 Å². The number of hydrogen-bond acceptors (Lipinski definition) is 5. The predicted molar refractivity (Wildman–Crippen MR) is 86.6 cm³/mol. The van der Waals surface area contributed by atoms with E-state index in [9.17, 15) is 14.9 Å². The Morgan fingerprint density at radius 3 is 2.96 bits per heavy atom. The number of nitrogens with zero attached hydrogens (tertiary/aromatic N) is 2. The molecular weight excluding hydrogens is 298 g/mol. The van der Waals surface area contributed by atoms with E-state index in [2.05, 4.69) is 10.2 Å². The lowest BCUT2D eigenvalue weighted by Crippen LogP contribution is -2.31. The van der Waals surface area contributed by atoms with Gasteiger partial charge in [0.1, 0.15) is 0 Å². The highest BCUT2D eigenvalue weighted by molar-refractivity contribution is 5.94. The average molecular weight is 321 g/mol. The van der Waals surface area contributed by atoms with Crippen molar-refractivity contribution in [1.29, 1.82) is 0 Å². The second kappa shape index (κ2) is 8.03. The molecule has 1 fully saturated rings. The number of ether oxygens (including phenoxy) is 1. The predicted octanol–water partition coefficient (Wildman–Crippen LogP) is 1.60. The highest BCUT2D eigenvalue weighted by Gasteiger charge is 2.22. The summed E-state index contributed by atoms with van der Waals surface area (Å²) in [5.74, 6) is 0.258. The van der Waals surface area contributed by atoms with Gasteiger partial charge in [-0.25, -0.2) is 0 Å². The molecule has 0 bridgehead atoms. The summed E-state index contributed by atoms with van der Waals surface area (Å²) >= 11 is 0. The van der Waals surface area contributed by atoms with Crippen molar-refractivity contribution < 1.29 is 14.5 Å². The Morgan fingerprint density at radius 2 is 2.30 bits per heavy atom. The van der Waals surface area contributed by atoms with E-state index in [1.807, 2.05) is 0 Å². The Bertz CT molecular complexity index is 576. The van der Waals surface area contributed by atoms with Crippen LogP contribution in [0.4, 0.5) is 5.69 Å². The number of nitro groups is 1. The van der Waals surface area contributed by atoms with Crippen LogP contribution in [0, 0.1) is 23.0 Å². The first-order chi connectivity index (χ1) is 11.0. The number of rotatable bonds is 7. The first-order valence-corrected chi connectivity index (χ1v) is 7.75. The van der Waals surface area contributed by atoms with Gasteiger partial charge in [0.05, 0.1) is 11.5 Å². The van der Waals surface area contributed by atoms with Gasteiger partial charge in [-0.05, 0) is 37.9 Å². The standard InChI is InChI=1S/C16H23N3O4/c1-12-9-14(3-4-15(12)19(21)22)16(20)17-10-13-5-6-18(11-13)7-8-23-2/h3-4,9,13H,5-8,10-11H2,1-2H3,(H,17,20)/t13-/m0/s1. The van der Waals surface area contributed by atoms with Crippen molar-refractivity contribution in [3.8, 4) is 0 Å². The molecule has 7 heteroatoms. The third kappa shape index (κ3) is 4.74. The molecule has 1 aromatic rings. The van der Waals surface area contributed by atoms with E-state index < -0.39 is 4.92 Å². The van der Waals surface area contributed by atoms with Gasteiger partial charge in [-0.1, -0.05) is 0 Å². The molecule has 1 atom stereocenters. The summed E-state index contributed by atoms with van der Waals surface area (Å²) in [6.07, 6.45) is 1.06. The van der Waals surface area contributed by atoms with Gasteiger partial charge >= 0.3 is 0 Å². The molecule has 0 aromatic heterocycles. The van der Waals surface area contributed by atoms with E-state index in [0.717, 1.165) is 32.7 Å². The van der Waals surface area contributed by atoms with Crippen molar-refractivity contribution >= 4 is 11.6 Å². The molecule has 0 saturated carbocycles. The van der Waals surface area contributed by atoms with Crippen LogP contribution in [0.25, 0.3) is 0 Å². The highest BCUT2D eigenvalue weighted by Crippen LogP contribution is 2.19. The molecule has 0 radical (unpaired) electrons. The van der Waals surface area contributed by atoms with Gasteiger partial charge in [-0.2, -0.15) is 0 Å². The smallest absolute Gasteiger partial charge is 0.272 e. The van der Waals surface area contributed by atoms with Crippen LogP contribution in [0.15, 0.2) is 18.2 Å². The fourth-order valence-corrected chi connectivity index (χ4v) is 2.84. The van der Waals surface area contributed by atoms with Crippen LogP contribution >= 0.6 is 0 Å². The molecule has 2 rings (SSSR count). The van der Waals surface area contributed by atoms with Crippen molar-refractivity contribution in [1.82, 2.24) is 10.2 Å². The number of carbonyl (C=O) groups excluding carboxylic acids is 1. The molecule has 126 valence electrons. The number of aryl methyl sites for hydroxylation is 1. The average Bonchev–Trinajstić information content (AvgIpc) is 2.98. The van der Waals surface area contributed by atoms with E-state index in [1.54, 1.807) is 20.1 Å². The Hall–Kier alpha value is -1.99. The molecule has 1 saturated heterocycles. The van der Waals surface area contributed by atoms with E-state index in [4.69, 9.17) is 4.74 Å². The summed E-state index contributed by atoms with van der Waals surface area (Å²) in [7, 11) is 1.69. The fourth-order valence-electron chi connectivity index (χ4n) is 2.84.